The zero-order valence-corrected chi connectivity index (χ0v) is 14.3. The van der Waals surface area contributed by atoms with Gasteiger partial charge >= 0.3 is 0 Å². The van der Waals surface area contributed by atoms with Crippen LogP contribution < -0.4 is 10.6 Å². The fraction of sp³-hybridized carbons (Fsp3) is 0.316. The number of nitrogens with zero attached hydrogens (tertiary/aromatic N) is 3. The first-order chi connectivity index (χ1) is 12.0. The normalized spacial score (nSPS) is 14.0. The predicted octanol–water partition coefficient (Wildman–Crippen LogP) is 2.51. The molecule has 1 aromatic heterocycles. The number of aromatic nitrogens is 2. The summed E-state index contributed by atoms with van der Waals surface area (Å²) in [5.41, 5.74) is 8.54. The van der Waals surface area contributed by atoms with Crippen LogP contribution in [0.3, 0.4) is 0 Å². The monoisotopic (exact) mass is 338 g/mol. The van der Waals surface area contributed by atoms with Gasteiger partial charge in [0.1, 0.15) is 0 Å². The Morgan fingerprint density at radius 2 is 2.20 bits per heavy atom. The zero-order valence-electron chi connectivity index (χ0n) is 14.3. The third kappa shape index (κ3) is 3.33. The Hall–Kier alpha value is -2.89. The third-order valence-electron chi connectivity index (χ3n) is 4.83. The summed E-state index contributed by atoms with van der Waals surface area (Å²) in [6.45, 7) is 3.97. The average Bonchev–Trinajstić information content (AvgIpc) is 2.91. The van der Waals surface area contributed by atoms with Crippen LogP contribution in [0.4, 0.5) is 5.69 Å². The van der Waals surface area contributed by atoms with Crippen molar-refractivity contribution in [3.63, 3.8) is 0 Å². The Morgan fingerprint density at radius 3 is 2.80 bits per heavy atom. The molecule has 0 radical (unpaired) electrons. The molecule has 1 saturated carbocycles. The van der Waals surface area contributed by atoms with E-state index in [0.717, 1.165) is 18.5 Å². The Bertz CT molecular complexity index is 821. The maximum Gasteiger partial charge on any atom is 0.250 e. The van der Waals surface area contributed by atoms with Crippen LogP contribution in [-0.4, -0.2) is 21.6 Å². The number of hydrogen-bond acceptors (Lipinski definition) is 3. The number of hydrogen-bond donors (Lipinski definition) is 1. The summed E-state index contributed by atoms with van der Waals surface area (Å²) >= 11 is 0. The summed E-state index contributed by atoms with van der Waals surface area (Å²) in [4.78, 5) is 25.5. The van der Waals surface area contributed by atoms with E-state index in [2.05, 4.69) is 11.7 Å². The second-order valence-corrected chi connectivity index (χ2v) is 6.34. The topological polar surface area (TPSA) is 81.2 Å². The van der Waals surface area contributed by atoms with Gasteiger partial charge in [0.25, 0.3) is 5.91 Å². The van der Waals surface area contributed by atoms with E-state index >= 15 is 0 Å². The van der Waals surface area contributed by atoms with E-state index in [1.165, 1.54) is 18.1 Å². The van der Waals surface area contributed by atoms with Gasteiger partial charge in [0.15, 0.2) is 0 Å². The summed E-state index contributed by atoms with van der Waals surface area (Å²) in [6, 6.07) is 6.76. The Labute approximate surface area is 146 Å². The number of rotatable bonds is 6. The molecule has 0 spiro atoms. The maximum absolute atomic E-state index is 12.5. The average molecular weight is 338 g/mol. The molecular formula is C19H22N4O2. The highest BCUT2D eigenvalue weighted by Gasteiger charge is 2.26. The smallest absolute Gasteiger partial charge is 0.250 e. The standard InChI is InChI=1S/C19H22N4O2/c1-3-18(24)23(15-9-5-8-14(10-15)19(20)25)12-17-16(11-21-22(17)2)13-6-4-7-13/h3,5,8-11,13H,1,4,6-7,12H2,2H3,(H2,20,25). The van der Waals surface area contributed by atoms with Crippen LogP contribution in [0.1, 0.15) is 46.8 Å². The molecule has 0 unspecified atom stereocenters. The lowest BCUT2D eigenvalue weighted by molar-refractivity contribution is -0.114. The van der Waals surface area contributed by atoms with Crippen LogP contribution >= 0.6 is 0 Å². The van der Waals surface area contributed by atoms with Gasteiger partial charge in [0.05, 0.1) is 18.4 Å². The van der Waals surface area contributed by atoms with Crippen LogP contribution in [0, 0.1) is 0 Å². The molecule has 1 aromatic carbocycles. The molecular weight excluding hydrogens is 316 g/mol. The quantitative estimate of drug-likeness (QED) is 0.822. The maximum atomic E-state index is 12.5. The molecule has 0 atom stereocenters. The van der Waals surface area contributed by atoms with Gasteiger partial charge in [-0.15, -0.1) is 0 Å². The molecule has 25 heavy (non-hydrogen) atoms. The zero-order chi connectivity index (χ0) is 18.0. The molecule has 6 nitrogen and oxygen atoms in total. The Balaban J connectivity index is 1.96. The fourth-order valence-electron chi connectivity index (χ4n) is 3.12. The lowest BCUT2D eigenvalue weighted by atomic mass is 9.80. The van der Waals surface area contributed by atoms with Crippen LogP contribution in [0.5, 0.6) is 0 Å². The molecule has 1 aliphatic rings. The molecule has 2 aromatic rings. The lowest BCUT2D eigenvalue weighted by Gasteiger charge is -2.28. The minimum Gasteiger partial charge on any atom is -0.366 e. The number of aryl methyl sites for hydroxylation is 1. The Morgan fingerprint density at radius 1 is 1.44 bits per heavy atom. The molecule has 1 fully saturated rings. The van der Waals surface area contributed by atoms with Crippen LogP contribution in [-0.2, 0) is 18.4 Å². The molecule has 2 N–H and O–H groups in total. The highest BCUT2D eigenvalue weighted by Crippen LogP contribution is 2.38. The molecule has 0 bridgehead atoms. The van der Waals surface area contributed by atoms with Crippen molar-refractivity contribution in [2.24, 2.45) is 12.8 Å². The van der Waals surface area contributed by atoms with E-state index in [4.69, 9.17) is 5.73 Å². The van der Waals surface area contributed by atoms with Gasteiger partial charge < -0.3 is 10.6 Å². The molecule has 130 valence electrons. The number of amides is 2. The van der Waals surface area contributed by atoms with Gasteiger partial charge in [-0.3, -0.25) is 14.3 Å². The van der Waals surface area contributed by atoms with Crippen LogP contribution in [0.25, 0.3) is 0 Å². The van der Waals surface area contributed by atoms with E-state index in [1.807, 2.05) is 17.9 Å². The number of carbonyl (C=O) groups excluding carboxylic acids is 2. The lowest BCUT2D eigenvalue weighted by Crippen LogP contribution is -2.30. The number of benzene rings is 1. The first-order valence-corrected chi connectivity index (χ1v) is 8.36. The van der Waals surface area contributed by atoms with E-state index in [1.54, 1.807) is 29.2 Å². The summed E-state index contributed by atoms with van der Waals surface area (Å²) in [5, 5.41) is 4.38. The van der Waals surface area contributed by atoms with Gasteiger partial charge in [0.2, 0.25) is 5.91 Å². The first-order valence-electron chi connectivity index (χ1n) is 8.36. The van der Waals surface area contributed by atoms with Crippen molar-refractivity contribution in [2.75, 3.05) is 4.90 Å². The minimum absolute atomic E-state index is 0.234. The second kappa shape index (κ2) is 6.93. The fourth-order valence-corrected chi connectivity index (χ4v) is 3.12. The number of anilines is 1. The highest BCUT2D eigenvalue weighted by molar-refractivity contribution is 6.02. The van der Waals surface area contributed by atoms with Crippen molar-refractivity contribution < 1.29 is 9.59 Å². The molecule has 2 amide bonds. The number of carbonyl (C=O) groups is 2. The van der Waals surface area contributed by atoms with Gasteiger partial charge in [0, 0.05) is 18.3 Å². The molecule has 1 aliphatic carbocycles. The first kappa shape index (κ1) is 17.0. The minimum atomic E-state index is -0.524. The van der Waals surface area contributed by atoms with Crippen molar-refractivity contribution in [3.8, 4) is 0 Å². The van der Waals surface area contributed by atoms with Gasteiger partial charge in [-0.05, 0) is 48.6 Å². The number of primary amides is 1. The van der Waals surface area contributed by atoms with Crippen molar-refractivity contribution >= 4 is 17.5 Å². The van der Waals surface area contributed by atoms with Gasteiger partial charge in [-0.1, -0.05) is 19.1 Å². The van der Waals surface area contributed by atoms with Crippen molar-refractivity contribution in [1.29, 1.82) is 0 Å². The van der Waals surface area contributed by atoms with E-state index in [9.17, 15) is 9.59 Å². The highest BCUT2D eigenvalue weighted by atomic mass is 16.2. The summed E-state index contributed by atoms with van der Waals surface area (Å²) in [7, 11) is 1.88. The SMILES string of the molecule is C=CC(=O)N(Cc1c(C2CCC2)cnn1C)c1cccc(C(N)=O)c1. The van der Waals surface area contributed by atoms with Crippen LogP contribution in [0.15, 0.2) is 43.1 Å². The van der Waals surface area contributed by atoms with E-state index in [-0.39, 0.29) is 5.91 Å². The summed E-state index contributed by atoms with van der Waals surface area (Å²) < 4.78 is 1.81. The van der Waals surface area contributed by atoms with Crippen LogP contribution in [0.2, 0.25) is 0 Å². The second-order valence-electron chi connectivity index (χ2n) is 6.34. The molecule has 1 heterocycles. The van der Waals surface area contributed by atoms with Crippen molar-refractivity contribution in [2.45, 2.75) is 31.7 Å². The van der Waals surface area contributed by atoms with E-state index in [0.29, 0.717) is 23.7 Å². The molecule has 0 aliphatic heterocycles. The molecule has 0 saturated heterocycles. The predicted molar refractivity (Wildman–Crippen MR) is 96.1 cm³/mol. The number of nitrogens with two attached hydrogens (primary N) is 1. The molecule has 3 rings (SSSR count). The van der Waals surface area contributed by atoms with Gasteiger partial charge in [-0.25, -0.2) is 0 Å². The largest absolute Gasteiger partial charge is 0.366 e. The van der Waals surface area contributed by atoms with Crippen molar-refractivity contribution in [3.05, 3.63) is 59.9 Å². The third-order valence-corrected chi connectivity index (χ3v) is 4.83. The van der Waals surface area contributed by atoms with E-state index < -0.39 is 5.91 Å². The Kier molecular flexibility index (Phi) is 4.70. The summed E-state index contributed by atoms with van der Waals surface area (Å²) in [5.74, 6) is -0.243. The summed E-state index contributed by atoms with van der Waals surface area (Å²) in [6.07, 6.45) is 6.72. The van der Waals surface area contributed by atoms with Crippen molar-refractivity contribution in [1.82, 2.24) is 9.78 Å². The molecule has 6 heteroatoms. The van der Waals surface area contributed by atoms with Gasteiger partial charge in [-0.2, -0.15) is 5.10 Å².